The van der Waals surface area contributed by atoms with Gasteiger partial charge in [0.05, 0.1) is 0 Å². The van der Waals surface area contributed by atoms with Crippen molar-refractivity contribution in [3.8, 4) is 11.4 Å². The number of aromatic amines is 1. The van der Waals surface area contributed by atoms with E-state index < -0.39 is 10.2 Å². The fourth-order valence-electron chi connectivity index (χ4n) is 1.70. The van der Waals surface area contributed by atoms with Crippen LogP contribution in [0.3, 0.4) is 0 Å². The van der Waals surface area contributed by atoms with Gasteiger partial charge in [-0.2, -0.15) is 8.42 Å². The van der Waals surface area contributed by atoms with Crippen molar-refractivity contribution in [2.45, 2.75) is 0 Å². The highest BCUT2D eigenvalue weighted by atomic mass is 35.5. The van der Waals surface area contributed by atoms with Gasteiger partial charge in [0.15, 0.2) is 11.7 Å². The molecule has 2 heterocycles. The first-order chi connectivity index (χ1) is 8.94. The minimum atomic E-state index is -3.81. The van der Waals surface area contributed by atoms with E-state index >= 15 is 0 Å². The lowest BCUT2D eigenvalue weighted by Crippen LogP contribution is -2.26. The van der Waals surface area contributed by atoms with Gasteiger partial charge in [0.1, 0.15) is 11.5 Å². The van der Waals surface area contributed by atoms with E-state index in [1.165, 1.54) is 0 Å². The SMILES string of the molecule is NC1=NS(=O)(=O)Nc2nc(-c3ccc(Cl)cc3)[nH]c21. The van der Waals surface area contributed by atoms with Gasteiger partial charge in [-0.15, -0.1) is 4.40 Å². The van der Waals surface area contributed by atoms with Gasteiger partial charge in [0.2, 0.25) is 0 Å². The Morgan fingerprint density at radius 2 is 1.89 bits per heavy atom. The van der Waals surface area contributed by atoms with Crippen LogP contribution in [0.25, 0.3) is 11.4 Å². The summed E-state index contributed by atoms with van der Waals surface area (Å²) in [6.45, 7) is 0. The number of nitrogens with zero attached hydrogens (tertiary/aromatic N) is 2. The molecule has 0 unspecified atom stereocenters. The monoisotopic (exact) mass is 297 g/mol. The number of halogens is 1. The number of aromatic nitrogens is 2. The van der Waals surface area contributed by atoms with E-state index in [1.54, 1.807) is 24.3 Å². The molecule has 1 aliphatic rings. The van der Waals surface area contributed by atoms with Crippen LogP contribution in [0.2, 0.25) is 5.02 Å². The second-order valence-corrected chi connectivity index (χ2v) is 5.64. The molecule has 2 aromatic rings. The lowest BCUT2D eigenvalue weighted by Gasteiger charge is -2.08. The molecule has 0 fully saturated rings. The zero-order valence-electron chi connectivity index (χ0n) is 9.38. The second kappa shape index (κ2) is 3.97. The van der Waals surface area contributed by atoms with Crippen molar-refractivity contribution in [3.63, 3.8) is 0 Å². The Kier molecular flexibility index (Phi) is 2.51. The summed E-state index contributed by atoms with van der Waals surface area (Å²) < 4.78 is 28.3. The summed E-state index contributed by atoms with van der Waals surface area (Å²) >= 11 is 5.80. The van der Waals surface area contributed by atoms with E-state index in [4.69, 9.17) is 17.3 Å². The number of hydrogen-bond acceptors (Lipinski definition) is 4. The third-order valence-corrected chi connectivity index (χ3v) is 3.66. The number of nitrogens with one attached hydrogen (secondary N) is 2. The van der Waals surface area contributed by atoms with Crippen molar-refractivity contribution < 1.29 is 8.42 Å². The Morgan fingerprint density at radius 1 is 1.21 bits per heavy atom. The van der Waals surface area contributed by atoms with Crippen molar-refractivity contribution in [1.29, 1.82) is 0 Å². The zero-order valence-corrected chi connectivity index (χ0v) is 11.0. The van der Waals surface area contributed by atoms with E-state index in [0.29, 0.717) is 16.5 Å². The van der Waals surface area contributed by atoms with Crippen molar-refractivity contribution in [3.05, 3.63) is 35.0 Å². The normalized spacial score (nSPS) is 16.4. The highest BCUT2D eigenvalue weighted by molar-refractivity contribution is 7.91. The van der Waals surface area contributed by atoms with Gasteiger partial charge in [-0.05, 0) is 24.3 Å². The molecule has 1 aromatic carbocycles. The summed E-state index contributed by atoms with van der Waals surface area (Å²) in [7, 11) is -3.81. The topological polar surface area (TPSA) is 113 Å². The molecule has 0 saturated heterocycles. The lowest BCUT2D eigenvalue weighted by atomic mass is 10.2. The number of H-pyrrole nitrogens is 1. The van der Waals surface area contributed by atoms with Crippen LogP contribution in [-0.4, -0.2) is 24.2 Å². The van der Waals surface area contributed by atoms with Crippen molar-refractivity contribution >= 4 is 33.5 Å². The molecule has 0 amide bonds. The fraction of sp³-hybridized carbons (Fsp3) is 0. The Hall–Kier alpha value is -2.06. The molecule has 0 atom stereocenters. The molecule has 98 valence electrons. The molecular weight excluding hydrogens is 290 g/mol. The van der Waals surface area contributed by atoms with E-state index in [-0.39, 0.29) is 11.7 Å². The van der Waals surface area contributed by atoms with Crippen LogP contribution in [-0.2, 0) is 10.2 Å². The largest absolute Gasteiger partial charge is 0.381 e. The Bertz CT molecular complexity index is 779. The molecule has 1 aliphatic heterocycles. The number of anilines is 1. The quantitative estimate of drug-likeness (QED) is 0.731. The number of fused-ring (bicyclic) bond motifs is 1. The predicted molar refractivity (Wildman–Crippen MR) is 72.3 cm³/mol. The molecule has 0 radical (unpaired) electrons. The summed E-state index contributed by atoms with van der Waals surface area (Å²) in [5.41, 5.74) is 6.68. The number of nitrogens with two attached hydrogens (primary N) is 1. The molecule has 0 spiro atoms. The highest BCUT2D eigenvalue weighted by Gasteiger charge is 2.25. The van der Waals surface area contributed by atoms with Crippen LogP contribution < -0.4 is 10.5 Å². The van der Waals surface area contributed by atoms with E-state index in [9.17, 15) is 8.42 Å². The average molecular weight is 298 g/mol. The summed E-state index contributed by atoms with van der Waals surface area (Å²) in [5.74, 6) is 0.489. The maximum absolute atomic E-state index is 11.4. The van der Waals surface area contributed by atoms with Crippen molar-refractivity contribution in [2.75, 3.05) is 4.72 Å². The smallest absolute Gasteiger partial charge is 0.345 e. The average Bonchev–Trinajstić information content (AvgIpc) is 2.72. The molecule has 1 aromatic heterocycles. The van der Waals surface area contributed by atoms with Gasteiger partial charge in [0.25, 0.3) is 0 Å². The first-order valence-electron chi connectivity index (χ1n) is 5.19. The predicted octanol–water partition coefficient (Wildman–Crippen LogP) is 1.11. The van der Waals surface area contributed by atoms with Crippen LogP contribution in [0.15, 0.2) is 28.7 Å². The zero-order chi connectivity index (χ0) is 13.6. The van der Waals surface area contributed by atoms with Crippen LogP contribution >= 0.6 is 11.6 Å². The number of benzene rings is 1. The molecule has 9 heteroatoms. The molecule has 0 saturated carbocycles. The van der Waals surface area contributed by atoms with E-state index in [2.05, 4.69) is 19.1 Å². The number of imidazole rings is 1. The van der Waals surface area contributed by atoms with Gasteiger partial charge in [0, 0.05) is 10.6 Å². The van der Waals surface area contributed by atoms with E-state index in [1.807, 2.05) is 0 Å². The Balaban J connectivity index is 2.10. The number of hydrogen-bond donors (Lipinski definition) is 3. The minimum absolute atomic E-state index is 0.124. The van der Waals surface area contributed by atoms with E-state index in [0.717, 1.165) is 5.56 Å². The van der Waals surface area contributed by atoms with Crippen LogP contribution in [0.5, 0.6) is 0 Å². The Labute approximate surface area is 113 Å². The lowest BCUT2D eigenvalue weighted by molar-refractivity contribution is 0.602. The molecule has 3 rings (SSSR count). The van der Waals surface area contributed by atoms with Crippen molar-refractivity contribution in [1.82, 2.24) is 9.97 Å². The second-order valence-electron chi connectivity index (χ2n) is 3.87. The minimum Gasteiger partial charge on any atom is -0.381 e. The molecular formula is C10H8ClN5O2S. The molecule has 19 heavy (non-hydrogen) atoms. The third-order valence-electron chi connectivity index (χ3n) is 2.52. The van der Waals surface area contributed by atoms with Crippen LogP contribution in [0.4, 0.5) is 5.82 Å². The van der Waals surface area contributed by atoms with Gasteiger partial charge in [-0.25, -0.2) is 9.71 Å². The maximum Gasteiger partial charge on any atom is 0.345 e. The fourth-order valence-corrected chi connectivity index (χ4v) is 2.61. The summed E-state index contributed by atoms with van der Waals surface area (Å²) in [6.07, 6.45) is 0. The molecule has 0 bridgehead atoms. The highest BCUT2D eigenvalue weighted by Crippen LogP contribution is 2.25. The van der Waals surface area contributed by atoms with Gasteiger partial charge < -0.3 is 10.7 Å². The maximum atomic E-state index is 11.4. The summed E-state index contributed by atoms with van der Waals surface area (Å²) in [4.78, 5) is 7.07. The van der Waals surface area contributed by atoms with Crippen molar-refractivity contribution in [2.24, 2.45) is 10.1 Å². The summed E-state index contributed by atoms with van der Waals surface area (Å²) in [6, 6.07) is 6.93. The van der Waals surface area contributed by atoms with Crippen LogP contribution in [0.1, 0.15) is 5.69 Å². The molecule has 7 nitrogen and oxygen atoms in total. The third kappa shape index (κ3) is 2.15. The van der Waals surface area contributed by atoms with Gasteiger partial charge in [-0.1, -0.05) is 11.6 Å². The number of rotatable bonds is 1. The standard InChI is InChI=1S/C10H8ClN5O2S/c11-6-3-1-5(2-4-6)9-13-7-8(12)15-19(17,18)16-10(7)14-9/h1-4,16H,(H2,12,15)(H,13,14). The Morgan fingerprint density at radius 3 is 2.58 bits per heavy atom. The van der Waals surface area contributed by atoms with Gasteiger partial charge in [-0.3, -0.25) is 0 Å². The molecule has 4 N–H and O–H groups in total. The number of amidine groups is 1. The first-order valence-corrected chi connectivity index (χ1v) is 7.01. The van der Waals surface area contributed by atoms with Crippen LogP contribution in [0, 0.1) is 0 Å². The van der Waals surface area contributed by atoms with Gasteiger partial charge >= 0.3 is 10.2 Å². The first kappa shape index (κ1) is 12.0. The molecule has 0 aliphatic carbocycles. The summed E-state index contributed by atoms with van der Waals surface area (Å²) in [5, 5.41) is 0.599.